The van der Waals surface area contributed by atoms with Gasteiger partial charge in [-0.2, -0.15) is 0 Å². The van der Waals surface area contributed by atoms with Gasteiger partial charge in [0, 0.05) is 0 Å². The molecule has 104 valence electrons. The predicted octanol–water partition coefficient (Wildman–Crippen LogP) is 2.37. The third kappa shape index (κ3) is 2.37. The second kappa shape index (κ2) is 5.11. The Hall–Kier alpha value is -0.710. The van der Waals surface area contributed by atoms with Crippen LogP contribution < -0.4 is 5.32 Å². The van der Waals surface area contributed by atoms with E-state index >= 15 is 0 Å². The summed E-state index contributed by atoms with van der Waals surface area (Å²) >= 11 is 0. The highest BCUT2D eigenvalue weighted by molar-refractivity contribution is 5.88. The van der Waals surface area contributed by atoms with Crippen molar-refractivity contribution in [2.24, 2.45) is 5.92 Å². The molecule has 1 saturated heterocycles. The molecule has 0 aromatic carbocycles. The fraction of sp³-hybridized carbons (Fsp3) is 0.923. The Morgan fingerprint density at radius 3 is 2.56 bits per heavy atom. The number of nitrogens with zero attached hydrogens (tertiary/aromatic N) is 1. The van der Waals surface area contributed by atoms with Gasteiger partial charge in [0.05, 0.1) is 18.2 Å². The van der Waals surface area contributed by atoms with Crippen LogP contribution in [0.5, 0.6) is 0 Å². The van der Waals surface area contributed by atoms with Crippen LogP contribution in [0.15, 0.2) is 0 Å². The molecule has 0 radical (unpaired) electrons. The van der Waals surface area contributed by atoms with Gasteiger partial charge >= 0.3 is 0 Å². The van der Waals surface area contributed by atoms with Crippen LogP contribution in [0.3, 0.4) is 0 Å². The highest BCUT2D eigenvalue weighted by Gasteiger charge is 2.49. The van der Waals surface area contributed by atoms with Crippen molar-refractivity contribution in [1.82, 2.24) is 10.2 Å². The lowest BCUT2D eigenvalue weighted by molar-refractivity contribution is -0.135. The van der Waals surface area contributed by atoms with E-state index in [2.05, 4.69) is 5.32 Å². The molecule has 0 aromatic heterocycles. The molecule has 2 atom stereocenters. The molecule has 1 saturated carbocycles. The number of carbonyl (C=O) groups is 1. The summed E-state index contributed by atoms with van der Waals surface area (Å²) in [7, 11) is 0. The summed E-state index contributed by atoms with van der Waals surface area (Å²) in [5.41, 5.74) is -0.665. The van der Waals surface area contributed by atoms with E-state index in [-0.39, 0.29) is 12.1 Å². The van der Waals surface area contributed by atoms with Gasteiger partial charge in [-0.1, -0.05) is 19.8 Å². The number of amides is 1. The van der Waals surface area contributed by atoms with Crippen molar-refractivity contribution in [3.8, 4) is 0 Å². The Bertz CT molecular complexity index is 318. The molecule has 18 heavy (non-hydrogen) atoms. The van der Waals surface area contributed by atoms with E-state index in [0.717, 1.165) is 25.7 Å². The molecule has 0 spiro atoms. The van der Waals surface area contributed by atoms with Gasteiger partial charge < -0.3 is 4.90 Å². The Kier molecular flexibility index (Phi) is 3.90. The van der Waals surface area contributed by atoms with Crippen molar-refractivity contribution < 1.29 is 13.6 Å². The van der Waals surface area contributed by atoms with E-state index in [4.69, 9.17) is 0 Å². The fourth-order valence-electron chi connectivity index (χ4n) is 3.15. The standard InChI is InChI=1S/C13H22F2N2O/c1-3-13(2)12(18)17(8-10(14)15)11(16-13)9-6-4-5-7-9/h9-11,16H,3-8H2,1-2H3. The van der Waals surface area contributed by atoms with Gasteiger partial charge in [0.2, 0.25) is 5.91 Å². The first kappa shape index (κ1) is 13.7. The molecule has 3 nitrogen and oxygen atoms in total. The van der Waals surface area contributed by atoms with Gasteiger partial charge in [0.15, 0.2) is 0 Å². The zero-order valence-electron chi connectivity index (χ0n) is 11.1. The van der Waals surface area contributed by atoms with Crippen LogP contribution in [0.25, 0.3) is 0 Å². The van der Waals surface area contributed by atoms with E-state index in [0.29, 0.717) is 12.3 Å². The first-order valence-corrected chi connectivity index (χ1v) is 6.85. The highest BCUT2D eigenvalue weighted by Crippen LogP contribution is 2.35. The van der Waals surface area contributed by atoms with Crippen LogP contribution in [-0.2, 0) is 4.79 Å². The van der Waals surface area contributed by atoms with Gasteiger partial charge in [0.25, 0.3) is 6.43 Å². The van der Waals surface area contributed by atoms with Crippen molar-refractivity contribution >= 4 is 5.91 Å². The third-order valence-corrected chi connectivity index (χ3v) is 4.42. The Labute approximate surface area is 107 Å². The maximum Gasteiger partial charge on any atom is 0.255 e. The van der Waals surface area contributed by atoms with Gasteiger partial charge in [-0.05, 0) is 32.1 Å². The average Bonchev–Trinajstić information content (AvgIpc) is 2.91. The Morgan fingerprint density at radius 2 is 2.06 bits per heavy atom. The van der Waals surface area contributed by atoms with E-state index in [1.165, 1.54) is 4.90 Å². The number of carbonyl (C=O) groups excluding carboxylic acids is 1. The number of nitrogens with one attached hydrogen (secondary N) is 1. The second-order valence-electron chi connectivity index (χ2n) is 5.67. The Morgan fingerprint density at radius 1 is 1.44 bits per heavy atom. The first-order chi connectivity index (χ1) is 8.48. The minimum Gasteiger partial charge on any atom is -0.320 e. The van der Waals surface area contributed by atoms with Crippen molar-refractivity contribution in [3.63, 3.8) is 0 Å². The summed E-state index contributed by atoms with van der Waals surface area (Å²) in [5.74, 6) is 0.170. The molecule has 1 N–H and O–H groups in total. The van der Waals surface area contributed by atoms with Crippen LogP contribution in [0.4, 0.5) is 8.78 Å². The van der Waals surface area contributed by atoms with Crippen LogP contribution in [-0.4, -0.2) is 35.5 Å². The molecule has 2 aliphatic rings. The van der Waals surface area contributed by atoms with Crippen LogP contribution in [0.2, 0.25) is 0 Å². The zero-order chi connectivity index (χ0) is 13.3. The Balaban J connectivity index is 2.17. The molecule has 1 heterocycles. The SMILES string of the molecule is CCC1(C)NC(C2CCCC2)N(CC(F)F)C1=O. The van der Waals surface area contributed by atoms with E-state index in [9.17, 15) is 13.6 Å². The van der Waals surface area contributed by atoms with Gasteiger partial charge in [-0.25, -0.2) is 8.78 Å². The highest BCUT2D eigenvalue weighted by atomic mass is 19.3. The molecule has 1 amide bonds. The topological polar surface area (TPSA) is 32.3 Å². The van der Waals surface area contributed by atoms with Crippen molar-refractivity contribution in [2.75, 3.05) is 6.54 Å². The molecular weight excluding hydrogens is 238 g/mol. The summed E-state index contributed by atoms with van der Waals surface area (Å²) in [5, 5.41) is 3.31. The number of rotatable bonds is 4. The summed E-state index contributed by atoms with van der Waals surface area (Å²) < 4.78 is 25.3. The maximum atomic E-state index is 12.7. The lowest BCUT2D eigenvalue weighted by atomic mass is 9.99. The lowest BCUT2D eigenvalue weighted by Crippen LogP contribution is -2.46. The average molecular weight is 260 g/mol. The third-order valence-electron chi connectivity index (χ3n) is 4.42. The number of halogens is 2. The monoisotopic (exact) mass is 260 g/mol. The summed E-state index contributed by atoms with van der Waals surface area (Å²) in [6, 6.07) is 0. The van der Waals surface area contributed by atoms with Gasteiger partial charge in [-0.3, -0.25) is 10.1 Å². The lowest BCUT2D eigenvalue weighted by Gasteiger charge is -2.28. The van der Waals surface area contributed by atoms with Crippen molar-refractivity contribution in [2.45, 2.75) is 64.1 Å². The first-order valence-electron chi connectivity index (χ1n) is 6.85. The quantitative estimate of drug-likeness (QED) is 0.841. The second-order valence-corrected chi connectivity index (χ2v) is 5.67. The molecule has 1 aliphatic heterocycles. The largest absolute Gasteiger partial charge is 0.320 e. The van der Waals surface area contributed by atoms with E-state index in [1.54, 1.807) is 0 Å². The molecule has 0 bridgehead atoms. The van der Waals surface area contributed by atoms with E-state index < -0.39 is 18.5 Å². The van der Waals surface area contributed by atoms with Crippen molar-refractivity contribution in [3.05, 3.63) is 0 Å². The maximum absolute atomic E-state index is 12.7. The van der Waals surface area contributed by atoms with E-state index in [1.807, 2.05) is 13.8 Å². The molecule has 1 aliphatic carbocycles. The molecule has 0 aromatic rings. The zero-order valence-corrected chi connectivity index (χ0v) is 11.1. The minimum atomic E-state index is -2.46. The molecule has 2 rings (SSSR count). The molecule has 5 heteroatoms. The van der Waals surface area contributed by atoms with Crippen LogP contribution in [0.1, 0.15) is 46.0 Å². The van der Waals surface area contributed by atoms with Gasteiger partial charge in [-0.15, -0.1) is 0 Å². The van der Waals surface area contributed by atoms with Crippen molar-refractivity contribution in [1.29, 1.82) is 0 Å². The number of alkyl halides is 2. The summed E-state index contributed by atoms with van der Waals surface area (Å²) in [4.78, 5) is 13.7. The normalized spacial score (nSPS) is 33.9. The van der Waals surface area contributed by atoms with Crippen LogP contribution >= 0.6 is 0 Å². The number of hydrogen-bond donors (Lipinski definition) is 1. The predicted molar refractivity (Wildman–Crippen MR) is 65.3 cm³/mol. The fourth-order valence-corrected chi connectivity index (χ4v) is 3.15. The number of hydrogen-bond acceptors (Lipinski definition) is 2. The van der Waals surface area contributed by atoms with Crippen LogP contribution in [0, 0.1) is 5.92 Å². The molecule has 2 unspecified atom stereocenters. The minimum absolute atomic E-state index is 0.165. The molecule has 2 fully saturated rings. The van der Waals surface area contributed by atoms with Gasteiger partial charge in [0.1, 0.15) is 0 Å². The molecular formula is C13H22F2N2O. The summed E-state index contributed by atoms with van der Waals surface area (Å²) in [6.45, 7) is 3.30. The summed E-state index contributed by atoms with van der Waals surface area (Å²) in [6.07, 6.45) is 2.33. The smallest absolute Gasteiger partial charge is 0.255 e.